The van der Waals surface area contributed by atoms with Crippen molar-refractivity contribution >= 4 is 29.3 Å². The van der Waals surface area contributed by atoms with Gasteiger partial charge in [-0.1, -0.05) is 36.4 Å². The van der Waals surface area contributed by atoms with Crippen LogP contribution in [0.5, 0.6) is 5.75 Å². The fraction of sp³-hybridized carbons (Fsp3) is 0.360. The normalized spacial score (nSPS) is 17.4. The van der Waals surface area contributed by atoms with Crippen molar-refractivity contribution in [2.75, 3.05) is 19.1 Å². The second-order valence-corrected chi connectivity index (χ2v) is 7.99. The first-order valence-electron chi connectivity index (χ1n) is 10.9. The topological polar surface area (TPSA) is 125 Å². The van der Waals surface area contributed by atoms with E-state index in [1.54, 1.807) is 12.1 Å². The summed E-state index contributed by atoms with van der Waals surface area (Å²) in [6.45, 7) is 2.33. The fourth-order valence-electron chi connectivity index (χ4n) is 4.21. The quantitative estimate of drug-likeness (QED) is 0.415. The van der Waals surface area contributed by atoms with Crippen molar-refractivity contribution in [2.45, 2.75) is 44.4 Å². The zero-order valence-electron chi connectivity index (χ0n) is 19.4. The van der Waals surface area contributed by atoms with Gasteiger partial charge in [0.15, 0.2) is 6.10 Å². The van der Waals surface area contributed by atoms with Crippen LogP contribution in [0.3, 0.4) is 0 Å². The number of hydrogen-bond acceptors (Lipinski definition) is 8. The van der Waals surface area contributed by atoms with Crippen LogP contribution < -0.4 is 15.4 Å². The number of carbonyl (C=O) groups excluding carboxylic acids is 4. The summed E-state index contributed by atoms with van der Waals surface area (Å²) in [7, 11) is 2.47. The number of ether oxygens (including phenoxy) is 3. The fourth-order valence-corrected chi connectivity index (χ4v) is 4.21. The van der Waals surface area contributed by atoms with Crippen LogP contribution in [0, 0.1) is 0 Å². The van der Waals surface area contributed by atoms with E-state index >= 15 is 0 Å². The summed E-state index contributed by atoms with van der Waals surface area (Å²) in [6, 6.07) is 14.5. The number of rotatable bonds is 10. The number of ketones is 1. The van der Waals surface area contributed by atoms with Crippen LogP contribution in [0.1, 0.15) is 36.8 Å². The number of nitrogens with two attached hydrogens (primary N) is 1. The zero-order valence-corrected chi connectivity index (χ0v) is 19.4. The van der Waals surface area contributed by atoms with Gasteiger partial charge in [-0.25, -0.2) is 4.79 Å². The number of carbonyl (C=O) groups is 4. The summed E-state index contributed by atoms with van der Waals surface area (Å²) in [6.07, 6.45) is -1.16. The van der Waals surface area contributed by atoms with Gasteiger partial charge >= 0.3 is 11.9 Å². The number of nitrogens with zero attached hydrogens (tertiary/aromatic N) is 1. The van der Waals surface area contributed by atoms with Gasteiger partial charge in [0.25, 0.3) is 5.91 Å². The third kappa shape index (κ3) is 5.19. The molecule has 1 amide bonds. The number of benzene rings is 2. The van der Waals surface area contributed by atoms with Crippen molar-refractivity contribution in [3.05, 3.63) is 59.7 Å². The van der Waals surface area contributed by atoms with Gasteiger partial charge in [-0.3, -0.25) is 14.4 Å². The first-order valence-corrected chi connectivity index (χ1v) is 10.9. The average molecular weight is 469 g/mol. The van der Waals surface area contributed by atoms with E-state index in [-0.39, 0.29) is 18.6 Å². The zero-order chi connectivity index (χ0) is 24.8. The summed E-state index contributed by atoms with van der Waals surface area (Å²) in [5.74, 6) is -3.60. The molecule has 2 aromatic rings. The molecule has 9 heteroatoms. The van der Waals surface area contributed by atoms with Crippen LogP contribution in [0.15, 0.2) is 48.5 Å². The number of fused-ring (bicyclic) bond motifs is 1. The van der Waals surface area contributed by atoms with Crippen LogP contribution >= 0.6 is 0 Å². The third-order valence-electron chi connectivity index (χ3n) is 5.93. The minimum atomic E-state index is -1.11. The minimum absolute atomic E-state index is 0.0146. The van der Waals surface area contributed by atoms with E-state index in [4.69, 9.17) is 15.2 Å². The second kappa shape index (κ2) is 10.8. The molecule has 0 spiro atoms. The molecule has 0 aliphatic carbocycles. The highest BCUT2D eigenvalue weighted by atomic mass is 16.6. The van der Waals surface area contributed by atoms with Crippen LogP contribution in [-0.2, 0) is 35.2 Å². The van der Waals surface area contributed by atoms with E-state index in [9.17, 15) is 19.2 Å². The minimum Gasteiger partial charge on any atom is -0.478 e. The van der Waals surface area contributed by atoms with Crippen LogP contribution in [0.4, 0.5) is 5.69 Å². The monoisotopic (exact) mass is 468 g/mol. The Balaban J connectivity index is 2.02. The van der Waals surface area contributed by atoms with Crippen molar-refractivity contribution in [2.24, 2.45) is 5.73 Å². The van der Waals surface area contributed by atoms with E-state index in [1.807, 2.05) is 48.2 Å². The number of primary amides is 1. The summed E-state index contributed by atoms with van der Waals surface area (Å²) >= 11 is 0. The first kappa shape index (κ1) is 24.8. The smallest absolute Gasteiger partial charge is 0.347 e. The van der Waals surface area contributed by atoms with Crippen molar-refractivity contribution in [3.8, 4) is 5.75 Å². The lowest BCUT2D eigenvalue weighted by Crippen LogP contribution is -2.38. The van der Waals surface area contributed by atoms with Crippen molar-refractivity contribution < 1.29 is 33.4 Å². The molecule has 1 aliphatic heterocycles. The SMILES string of the molecule is COC(=O)CCC(Oc1cccc2c1C(C(=O)C(N)=O)C(C)N2Cc1ccccc1)C(=O)OC. The molecule has 1 heterocycles. The van der Waals surface area contributed by atoms with Crippen LogP contribution in [0.2, 0.25) is 0 Å². The summed E-state index contributed by atoms with van der Waals surface area (Å²) in [5, 5.41) is 0. The molecule has 3 atom stereocenters. The predicted molar refractivity (Wildman–Crippen MR) is 123 cm³/mol. The van der Waals surface area contributed by atoms with Crippen LogP contribution in [0.25, 0.3) is 0 Å². The number of Topliss-reactive ketones (excluding diaryl/α,β-unsaturated/α-hetero) is 1. The molecule has 0 saturated carbocycles. The van der Waals surface area contributed by atoms with E-state index < -0.39 is 41.7 Å². The van der Waals surface area contributed by atoms with Gasteiger partial charge < -0.3 is 24.8 Å². The Bertz CT molecular complexity index is 1070. The Hall–Kier alpha value is -3.88. The highest BCUT2D eigenvalue weighted by Crippen LogP contribution is 2.47. The van der Waals surface area contributed by atoms with Gasteiger partial charge in [0.2, 0.25) is 5.78 Å². The average Bonchev–Trinajstić information content (AvgIpc) is 3.12. The number of methoxy groups -OCH3 is 2. The number of hydrogen-bond donors (Lipinski definition) is 1. The molecule has 2 N–H and O–H groups in total. The van der Waals surface area contributed by atoms with Crippen LogP contribution in [-0.4, -0.2) is 50.0 Å². The molecule has 0 fully saturated rings. The Morgan fingerprint density at radius 1 is 1.00 bits per heavy atom. The molecule has 2 aromatic carbocycles. The lowest BCUT2D eigenvalue weighted by Gasteiger charge is -2.26. The summed E-state index contributed by atoms with van der Waals surface area (Å²) in [5.41, 5.74) is 7.57. The Kier molecular flexibility index (Phi) is 7.88. The van der Waals surface area contributed by atoms with Gasteiger partial charge in [-0.15, -0.1) is 0 Å². The molecule has 180 valence electrons. The molecule has 3 unspecified atom stereocenters. The Labute approximate surface area is 197 Å². The van der Waals surface area contributed by atoms with Crippen molar-refractivity contribution in [1.82, 2.24) is 0 Å². The van der Waals surface area contributed by atoms with Crippen molar-refractivity contribution in [1.29, 1.82) is 0 Å². The van der Waals surface area contributed by atoms with E-state index in [2.05, 4.69) is 4.74 Å². The standard InChI is InChI=1S/C25H28N2O7/c1-15-21(23(29)24(26)30)22-17(27(15)14-16-8-5-4-6-9-16)10-7-11-18(22)34-19(25(31)33-3)12-13-20(28)32-2/h4-11,15,19,21H,12-14H2,1-3H3,(H2,26,30). The largest absolute Gasteiger partial charge is 0.478 e. The lowest BCUT2D eigenvalue weighted by molar-refractivity contribution is -0.150. The molecule has 3 rings (SSSR count). The molecule has 0 saturated heterocycles. The molecular weight excluding hydrogens is 440 g/mol. The molecule has 1 aliphatic rings. The summed E-state index contributed by atoms with van der Waals surface area (Å²) in [4.78, 5) is 50.8. The Morgan fingerprint density at radius 3 is 2.32 bits per heavy atom. The molecule has 34 heavy (non-hydrogen) atoms. The van der Waals surface area contributed by atoms with Gasteiger partial charge in [0, 0.05) is 36.7 Å². The summed E-state index contributed by atoms with van der Waals surface area (Å²) < 4.78 is 15.5. The molecule has 0 aromatic heterocycles. The number of amides is 1. The van der Waals surface area contributed by atoms with Gasteiger partial charge in [0.05, 0.1) is 20.1 Å². The van der Waals surface area contributed by atoms with Crippen molar-refractivity contribution in [3.63, 3.8) is 0 Å². The van der Waals surface area contributed by atoms with Gasteiger partial charge in [-0.2, -0.15) is 0 Å². The van der Waals surface area contributed by atoms with E-state index in [0.29, 0.717) is 17.8 Å². The highest BCUT2D eigenvalue weighted by molar-refractivity contribution is 6.38. The maximum absolute atomic E-state index is 12.9. The molecule has 0 radical (unpaired) electrons. The number of esters is 2. The highest BCUT2D eigenvalue weighted by Gasteiger charge is 2.44. The second-order valence-electron chi connectivity index (χ2n) is 7.99. The van der Waals surface area contributed by atoms with Gasteiger partial charge in [0.1, 0.15) is 5.75 Å². The van der Waals surface area contributed by atoms with E-state index in [0.717, 1.165) is 5.56 Å². The third-order valence-corrected chi connectivity index (χ3v) is 5.93. The Morgan fingerprint density at radius 2 is 1.71 bits per heavy atom. The maximum Gasteiger partial charge on any atom is 0.347 e. The molecule has 9 nitrogen and oxygen atoms in total. The first-order chi connectivity index (χ1) is 16.3. The lowest BCUT2D eigenvalue weighted by atomic mass is 9.90. The number of anilines is 1. The molecule has 0 bridgehead atoms. The predicted octanol–water partition coefficient (Wildman–Crippen LogP) is 2.11. The van der Waals surface area contributed by atoms with Gasteiger partial charge in [-0.05, 0) is 24.6 Å². The maximum atomic E-state index is 12.9. The van der Waals surface area contributed by atoms with E-state index in [1.165, 1.54) is 14.2 Å². The molecular formula is C25H28N2O7.